The SMILES string of the molecule is CCOC1(O)CC1Br. The lowest BCUT2D eigenvalue weighted by Gasteiger charge is -2.05. The van der Waals surface area contributed by atoms with Crippen LogP contribution >= 0.6 is 15.9 Å². The summed E-state index contributed by atoms with van der Waals surface area (Å²) in [5, 5.41) is 9.13. The maximum atomic E-state index is 9.13. The Morgan fingerprint density at radius 3 is 2.62 bits per heavy atom. The van der Waals surface area contributed by atoms with Gasteiger partial charge in [-0.15, -0.1) is 0 Å². The van der Waals surface area contributed by atoms with E-state index in [1.807, 2.05) is 6.92 Å². The molecule has 2 atom stereocenters. The molecule has 3 heteroatoms. The first-order valence-corrected chi connectivity index (χ1v) is 3.61. The highest BCUT2D eigenvalue weighted by Gasteiger charge is 2.52. The molecule has 0 saturated heterocycles. The molecule has 1 aliphatic rings. The molecule has 2 nitrogen and oxygen atoms in total. The second kappa shape index (κ2) is 1.97. The van der Waals surface area contributed by atoms with E-state index in [2.05, 4.69) is 15.9 Å². The Kier molecular flexibility index (Phi) is 1.61. The zero-order valence-electron chi connectivity index (χ0n) is 4.72. The fourth-order valence-corrected chi connectivity index (χ4v) is 1.19. The Bertz CT molecular complexity index is 96.4. The fraction of sp³-hybridized carbons (Fsp3) is 1.00. The first-order chi connectivity index (χ1) is 3.69. The first-order valence-electron chi connectivity index (χ1n) is 2.69. The third-order valence-electron chi connectivity index (χ3n) is 1.20. The third kappa shape index (κ3) is 1.04. The van der Waals surface area contributed by atoms with Crippen molar-refractivity contribution in [3.63, 3.8) is 0 Å². The second-order valence-corrected chi connectivity index (χ2v) is 3.05. The summed E-state index contributed by atoms with van der Waals surface area (Å²) >= 11 is 3.23. The average Bonchev–Trinajstić information content (AvgIpc) is 2.16. The molecule has 1 N–H and O–H groups in total. The minimum Gasteiger partial charge on any atom is -0.364 e. The van der Waals surface area contributed by atoms with Crippen LogP contribution < -0.4 is 0 Å². The number of aliphatic hydroxyl groups is 1. The predicted molar refractivity (Wildman–Crippen MR) is 33.9 cm³/mol. The van der Waals surface area contributed by atoms with Gasteiger partial charge in [-0.3, -0.25) is 0 Å². The molecular formula is C5H9BrO2. The Balaban J connectivity index is 2.25. The molecule has 1 fully saturated rings. The van der Waals surface area contributed by atoms with Gasteiger partial charge in [0.1, 0.15) is 0 Å². The Labute approximate surface area is 57.0 Å². The molecular weight excluding hydrogens is 172 g/mol. The largest absolute Gasteiger partial charge is 0.364 e. The van der Waals surface area contributed by atoms with Crippen molar-refractivity contribution in [2.24, 2.45) is 0 Å². The van der Waals surface area contributed by atoms with Crippen LogP contribution in [0.1, 0.15) is 13.3 Å². The van der Waals surface area contributed by atoms with Gasteiger partial charge >= 0.3 is 0 Å². The highest BCUT2D eigenvalue weighted by atomic mass is 79.9. The van der Waals surface area contributed by atoms with Crippen LogP contribution in [0.2, 0.25) is 0 Å². The first kappa shape index (κ1) is 6.52. The number of rotatable bonds is 2. The van der Waals surface area contributed by atoms with Crippen molar-refractivity contribution < 1.29 is 9.84 Å². The normalized spacial score (nSPS) is 44.6. The zero-order chi connectivity index (χ0) is 6.20. The number of alkyl halides is 1. The molecule has 0 aromatic rings. The molecule has 8 heavy (non-hydrogen) atoms. The van der Waals surface area contributed by atoms with Gasteiger partial charge in [-0.2, -0.15) is 0 Å². The van der Waals surface area contributed by atoms with Gasteiger partial charge in [0.2, 0.25) is 0 Å². The Morgan fingerprint density at radius 1 is 2.00 bits per heavy atom. The molecule has 2 unspecified atom stereocenters. The van der Waals surface area contributed by atoms with Crippen molar-refractivity contribution in [1.82, 2.24) is 0 Å². The highest BCUT2D eigenvalue weighted by molar-refractivity contribution is 9.09. The molecule has 1 saturated carbocycles. The van der Waals surface area contributed by atoms with Crippen molar-refractivity contribution >= 4 is 15.9 Å². The van der Waals surface area contributed by atoms with Gasteiger partial charge in [0, 0.05) is 13.0 Å². The lowest BCUT2D eigenvalue weighted by Crippen LogP contribution is -2.15. The zero-order valence-corrected chi connectivity index (χ0v) is 6.31. The number of ether oxygens (including phenoxy) is 1. The van der Waals surface area contributed by atoms with E-state index < -0.39 is 5.79 Å². The summed E-state index contributed by atoms with van der Waals surface area (Å²) in [6, 6.07) is 0. The van der Waals surface area contributed by atoms with Crippen molar-refractivity contribution in [3.05, 3.63) is 0 Å². The van der Waals surface area contributed by atoms with E-state index in [4.69, 9.17) is 9.84 Å². The molecule has 0 spiro atoms. The van der Waals surface area contributed by atoms with Gasteiger partial charge in [0.25, 0.3) is 0 Å². The monoisotopic (exact) mass is 180 g/mol. The van der Waals surface area contributed by atoms with E-state index in [0.29, 0.717) is 6.61 Å². The third-order valence-corrected chi connectivity index (χ3v) is 2.23. The topological polar surface area (TPSA) is 29.5 Å². The summed E-state index contributed by atoms with van der Waals surface area (Å²) in [5.74, 6) is -0.825. The fourth-order valence-electron chi connectivity index (χ4n) is 0.597. The predicted octanol–water partition coefficient (Wildman–Crippen LogP) is 0.879. The van der Waals surface area contributed by atoms with Crippen LogP contribution in [-0.4, -0.2) is 22.3 Å². The smallest absolute Gasteiger partial charge is 0.179 e. The summed E-state index contributed by atoms with van der Waals surface area (Å²) in [4.78, 5) is 0.162. The van der Waals surface area contributed by atoms with Crippen LogP contribution in [0, 0.1) is 0 Å². The van der Waals surface area contributed by atoms with Crippen molar-refractivity contribution in [2.45, 2.75) is 24.0 Å². The van der Waals surface area contributed by atoms with Crippen molar-refractivity contribution in [3.8, 4) is 0 Å². The van der Waals surface area contributed by atoms with Gasteiger partial charge in [-0.1, -0.05) is 15.9 Å². The van der Waals surface area contributed by atoms with Gasteiger partial charge in [-0.25, -0.2) is 0 Å². The van der Waals surface area contributed by atoms with Crippen molar-refractivity contribution in [1.29, 1.82) is 0 Å². The maximum Gasteiger partial charge on any atom is 0.179 e. The van der Waals surface area contributed by atoms with Crippen LogP contribution in [-0.2, 0) is 4.74 Å². The molecule has 1 aliphatic carbocycles. The summed E-state index contributed by atoms with van der Waals surface area (Å²) < 4.78 is 4.96. The standard InChI is InChI=1S/C5H9BrO2/c1-2-8-5(7)3-4(5)6/h4,7H,2-3H2,1H3. The minimum absolute atomic E-state index is 0.162. The molecule has 1 rings (SSSR count). The quantitative estimate of drug-likeness (QED) is 0.506. The molecule has 0 aromatic carbocycles. The van der Waals surface area contributed by atoms with Crippen LogP contribution in [0.4, 0.5) is 0 Å². The Hall–Kier alpha value is 0.400. The highest BCUT2D eigenvalue weighted by Crippen LogP contribution is 2.43. The van der Waals surface area contributed by atoms with Gasteiger partial charge in [-0.05, 0) is 6.92 Å². The van der Waals surface area contributed by atoms with Crippen LogP contribution in [0.25, 0.3) is 0 Å². The molecule has 0 aliphatic heterocycles. The molecule has 0 radical (unpaired) electrons. The Morgan fingerprint density at radius 2 is 2.50 bits per heavy atom. The van der Waals surface area contributed by atoms with Crippen LogP contribution in [0.3, 0.4) is 0 Å². The second-order valence-electron chi connectivity index (χ2n) is 1.95. The van der Waals surface area contributed by atoms with E-state index in [1.165, 1.54) is 0 Å². The van der Waals surface area contributed by atoms with E-state index in [9.17, 15) is 0 Å². The van der Waals surface area contributed by atoms with Crippen molar-refractivity contribution in [2.75, 3.05) is 6.61 Å². The number of halogens is 1. The summed E-state index contributed by atoms with van der Waals surface area (Å²) in [7, 11) is 0. The van der Waals surface area contributed by atoms with E-state index >= 15 is 0 Å². The number of hydrogen-bond donors (Lipinski definition) is 1. The van der Waals surface area contributed by atoms with E-state index in [0.717, 1.165) is 6.42 Å². The summed E-state index contributed by atoms with van der Waals surface area (Å²) in [6.07, 6.45) is 0.723. The van der Waals surface area contributed by atoms with Gasteiger partial charge < -0.3 is 9.84 Å². The van der Waals surface area contributed by atoms with Crippen LogP contribution in [0.15, 0.2) is 0 Å². The molecule has 0 amide bonds. The minimum atomic E-state index is -0.825. The maximum absolute atomic E-state index is 9.13. The van der Waals surface area contributed by atoms with Gasteiger partial charge in [0.05, 0.1) is 4.83 Å². The van der Waals surface area contributed by atoms with E-state index in [-0.39, 0.29) is 4.83 Å². The van der Waals surface area contributed by atoms with Gasteiger partial charge in [0.15, 0.2) is 5.79 Å². The lowest BCUT2D eigenvalue weighted by molar-refractivity contribution is -0.118. The van der Waals surface area contributed by atoms with E-state index in [1.54, 1.807) is 0 Å². The molecule has 0 heterocycles. The summed E-state index contributed by atoms with van der Waals surface area (Å²) in [6.45, 7) is 2.45. The number of hydrogen-bond acceptors (Lipinski definition) is 2. The molecule has 0 aromatic heterocycles. The van der Waals surface area contributed by atoms with Crippen LogP contribution in [0.5, 0.6) is 0 Å². The average molecular weight is 181 g/mol. The summed E-state index contributed by atoms with van der Waals surface area (Å²) in [5.41, 5.74) is 0. The molecule has 48 valence electrons. The molecule has 0 bridgehead atoms. The lowest BCUT2D eigenvalue weighted by atomic mass is 10.7.